The van der Waals surface area contributed by atoms with Gasteiger partial charge in [-0.1, -0.05) is 19.1 Å². The van der Waals surface area contributed by atoms with E-state index in [1.807, 2.05) is 19.0 Å². The van der Waals surface area contributed by atoms with Crippen molar-refractivity contribution in [2.75, 3.05) is 19.8 Å². The highest BCUT2D eigenvalue weighted by Crippen LogP contribution is 2.23. The lowest BCUT2D eigenvalue weighted by atomic mass is 10.2. The van der Waals surface area contributed by atoms with Crippen molar-refractivity contribution in [3.05, 3.63) is 29.8 Å². The van der Waals surface area contributed by atoms with E-state index in [2.05, 4.69) is 0 Å². The number of nitrogens with zero attached hydrogens (tertiary/aromatic N) is 1. The van der Waals surface area contributed by atoms with Crippen LogP contribution < -0.4 is 0 Å². The van der Waals surface area contributed by atoms with Gasteiger partial charge in [-0.2, -0.15) is 0 Å². The Kier molecular flexibility index (Phi) is 4.35. The first kappa shape index (κ1) is 13.5. The third-order valence-electron chi connectivity index (χ3n) is 2.35. The normalized spacial score (nSPS) is 14.1. The standard InChI is InChI=1S/C11H16ClNO2S/c1-4-16(14,15)10-7-5-9(6-8-10)11(12)13(2)3/h5-8,11H,4H2,1-3H3. The molecule has 1 unspecified atom stereocenters. The third-order valence-corrected chi connectivity index (χ3v) is 4.74. The quantitative estimate of drug-likeness (QED) is 0.616. The van der Waals surface area contributed by atoms with E-state index in [1.54, 1.807) is 31.2 Å². The van der Waals surface area contributed by atoms with E-state index in [0.29, 0.717) is 4.90 Å². The molecule has 0 spiro atoms. The van der Waals surface area contributed by atoms with Gasteiger partial charge in [0.2, 0.25) is 0 Å². The van der Waals surface area contributed by atoms with E-state index in [0.717, 1.165) is 5.56 Å². The molecule has 0 aliphatic heterocycles. The Balaban J connectivity index is 3.01. The fourth-order valence-corrected chi connectivity index (χ4v) is 2.33. The van der Waals surface area contributed by atoms with Crippen LogP contribution in [-0.2, 0) is 9.84 Å². The van der Waals surface area contributed by atoms with Gasteiger partial charge in [0.25, 0.3) is 0 Å². The van der Waals surface area contributed by atoms with Gasteiger partial charge in [-0.05, 0) is 31.8 Å². The molecule has 0 fully saturated rings. The van der Waals surface area contributed by atoms with Gasteiger partial charge in [0, 0.05) is 0 Å². The zero-order chi connectivity index (χ0) is 12.3. The van der Waals surface area contributed by atoms with Crippen molar-refractivity contribution in [3.8, 4) is 0 Å². The summed E-state index contributed by atoms with van der Waals surface area (Å²) in [5.74, 6) is 0.115. The second-order valence-corrected chi connectivity index (χ2v) is 6.46. The zero-order valence-corrected chi connectivity index (χ0v) is 11.2. The molecule has 0 radical (unpaired) electrons. The number of halogens is 1. The van der Waals surface area contributed by atoms with E-state index in [4.69, 9.17) is 11.6 Å². The maximum Gasteiger partial charge on any atom is 0.178 e. The van der Waals surface area contributed by atoms with Crippen LogP contribution in [0, 0.1) is 0 Å². The van der Waals surface area contributed by atoms with Gasteiger partial charge in [-0.15, -0.1) is 11.6 Å². The Morgan fingerprint density at radius 1 is 1.25 bits per heavy atom. The molecule has 0 N–H and O–H groups in total. The van der Waals surface area contributed by atoms with Gasteiger partial charge >= 0.3 is 0 Å². The van der Waals surface area contributed by atoms with E-state index in [-0.39, 0.29) is 11.3 Å². The number of hydrogen-bond donors (Lipinski definition) is 0. The number of rotatable bonds is 4. The largest absolute Gasteiger partial charge is 0.290 e. The van der Waals surface area contributed by atoms with Crippen LogP contribution in [-0.4, -0.2) is 33.2 Å². The van der Waals surface area contributed by atoms with Crippen LogP contribution in [0.2, 0.25) is 0 Å². The Morgan fingerprint density at radius 3 is 2.12 bits per heavy atom. The monoisotopic (exact) mass is 261 g/mol. The molecule has 0 amide bonds. The summed E-state index contributed by atoms with van der Waals surface area (Å²) in [7, 11) is 0.621. The van der Waals surface area contributed by atoms with E-state index < -0.39 is 9.84 Å². The van der Waals surface area contributed by atoms with E-state index in [1.165, 1.54) is 0 Å². The molecule has 1 atom stereocenters. The molecule has 0 saturated carbocycles. The molecule has 0 bridgehead atoms. The van der Waals surface area contributed by atoms with Gasteiger partial charge in [0.1, 0.15) is 5.50 Å². The van der Waals surface area contributed by atoms with Gasteiger partial charge in [-0.3, -0.25) is 4.90 Å². The predicted molar refractivity (Wildman–Crippen MR) is 66.4 cm³/mol. The smallest absolute Gasteiger partial charge is 0.178 e. The minimum absolute atomic E-state index is 0.115. The third kappa shape index (κ3) is 2.97. The summed E-state index contributed by atoms with van der Waals surface area (Å²) in [5, 5.41) is 0. The van der Waals surface area contributed by atoms with Crippen LogP contribution in [0.25, 0.3) is 0 Å². The average Bonchev–Trinajstić information content (AvgIpc) is 2.28. The zero-order valence-electron chi connectivity index (χ0n) is 9.64. The highest BCUT2D eigenvalue weighted by Gasteiger charge is 2.14. The first-order chi connectivity index (χ1) is 7.38. The lowest BCUT2D eigenvalue weighted by Gasteiger charge is -2.17. The molecule has 5 heteroatoms. The summed E-state index contributed by atoms with van der Waals surface area (Å²) in [4.78, 5) is 2.20. The summed E-state index contributed by atoms with van der Waals surface area (Å²) in [5.41, 5.74) is 0.653. The number of sulfone groups is 1. The highest BCUT2D eigenvalue weighted by molar-refractivity contribution is 7.91. The molecule has 3 nitrogen and oxygen atoms in total. The number of alkyl halides is 1. The van der Waals surface area contributed by atoms with Gasteiger partial charge in [0.15, 0.2) is 9.84 Å². The summed E-state index contributed by atoms with van der Waals surface area (Å²) < 4.78 is 23.1. The molecule has 0 heterocycles. The maximum absolute atomic E-state index is 11.6. The van der Waals surface area contributed by atoms with Crippen LogP contribution in [0.1, 0.15) is 18.0 Å². The van der Waals surface area contributed by atoms with E-state index >= 15 is 0 Å². The van der Waals surface area contributed by atoms with Crippen LogP contribution in [0.5, 0.6) is 0 Å². The SMILES string of the molecule is CCS(=O)(=O)c1ccc(C(Cl)N(C)C)cc1. The van der Waals surface area contributed by atoms with Gasteiger partial charge in [0.05, 0.1) is 10.6 Å². The lowest BCUT2D eigenvalue weighted by Crippen LogP contribution is -2.14. The van der Waals surface area contributed by atoms with Crippen molar-refractivity contribution >= 4 is 21.4 Å². The van der Waals surface area contributed by atoms with Crippen molar-refractivity contribution in [2.24, 2.45) is 0 Å². The number of hydrogen-bond acceptors (Lipinski definition) is 3. The molecular formula is C11H16ClNO2S. The lowest BCUT2D eigenvalue weighted by molar-refractivity contribution is 0.384. The second-order valence-electron chi connectivity index (χ2n) is 3.77. The van der Waals surface area contributed by atoms with Gasteiger partial charge < -0.3 is 0 Å². The minimum Gasteiger partial charge on any atom is -0.290 e. The average molecular weight is 262 g/mol. The molecule has 1 rings (SSSR count). The molecule has 1 aromatic carbocycles. The molecule has 1 aromatic rings. The molecular weight excluding hydrogens is 246 g/mol. The molecule has 0 aromatic heterocycles. The van der Waals surface area contributed by atoms with Crippen molar-refractivity contribution in [1.29, 1.82) is 0 Å². The topological polar surface area (TPSA) is 37.4 Å². The van der Waals surface area contributed by atoms with Crippen LogP contribution >= 0.6 is 11.6 Å². The fourth-order valence-electron chi connectivity index (χ4n) is 1.30. The fraction of sp³-hybridized carbons (Fsp3) is 0.455. The van der Waals surface area contributed by atoms with Crippen LogP contribution in [0.4, 0.5) is 0 Å². The molecule has 0 saturated heterocycles. The molecule has 16 heavy (non-hydrogen) atoms. The van der Waals surface area contributed by atoms with Crippen molar-refractivity contribution < 1.29 is 8.42 Å². The van der Waals surface area contributed by atoms with Crippen LogP contribution in [0.15, 0.2) is 29.2 Å². The first-order valence-corrected chi connectivity index (χ1v) is 7.10. The van der Waals surface area contributed by atoms with Crippen molar-refractivity contribution in [2.45, 2.75) is 17.3 Å². The summed E-state index contributed by atoms with van der Waals surface area (Å²) >= 11 is 6.12. The molecule has 0 aliphatic carbocycles. The van der Waals surface area contributed by atoms with Gasteiger partial charge in [-0.25, -0.2) is 8.42 Å². The Labute approximate surface area is 102 Å². The maximum atomic E-state index is 11.6. The highest BCUT2D eigenvalue weighted by atomic mass is 35.5. The summed E-state index contributed by atoms with van der Waals surface area (Å²) in [6.45, 7) is 1.63. The predicted octanol–water partition coefficient (Wildman–Crippen LogP) is 2.28. The van der Waals surface area contributed by atoms with Crippen LogP contribution in [0.3, 0.4) is 0 Å². The van der Waals surface area contributed by atoms with Crippen molar-refractivity contribution in [3.63, 3.8) is 0 Å². The Morgan fingerprint density at radius 2 is 1.75 bits per heavy atom. The Hall–Kier alpha value is -0.580. The summed E-state index contributed by atoms with van der Waals surface area (Å²) in [6.07, 6.45) is 0. The first-order valence-electron chi connectivity index (χ1n) is 5.01. The second kappa shape index (κ2) is 5.17. The molecule has 0 aliphatic rings. The minimum atomic E-state index is -3.12. The Bertz CT molecular complexity index is 440. The van der Waals surface area contributed by atoms with Crippen molar-refractivity contribution in [1.82, 2.24) is 4.90 Å². The number of benzene rings is 1. The van der Waals surface area contributed by atoms with E-state index in [9.17, 15) is 8.42 Å². The molecule has 90 valence electrons. The summed E-state index contributed by atoms with van der Waals surface area (Å²) in [6, 6.07) is 6.71.